The zero-order valence-electron chi connectivity index (χ0n) is 11.3. The molecule has 2 aromatic rings. The van der Waals surface area contributed by atoms with Crippen LogP contribution in [0, 0.1) is 0 Å². The van der Waals surface area contributed by atoms with Gasteiger partial charge in [-0.2, -0.15) is 0 Å². The van der Waals surface area contributed by atoms with Gasteiger partial charge in [0.1, 0.15) is 5.75 Å². The molecule has 0 saturated carbocycles. The van der Waals surface area contributed by atoms with Crippen LogP contribution in [0.15, 0.2) is 48.5 Å². The number of hydrogen-bond acceptors (Lipinski definition) is 3. The standard InChI is InChI=1S/C16H18ClNO2/c1-11(19)10-18-16(12-2-6-14(17)7-3-12)13-4-8-15(20)9-5-13/h2-9,11,16,18-20H,10H2,1H3. The normalized spacial score (nSPS) is 13.9. The Morgan fingerprint density at radius 3 is 2.00 bits per heavy atom. The van der Waals surface area contributed by atoms with E-state index in [0.29, 0.717) is 11.6 Å². The van der Waals surface area contributed by atoms with E-state index in [4.69, 9.17) is 11.6 Å². The molecule has 0 aliphatic heterocycles. The maximum atomic E-state index is 9.46. The Bertz CT molecular complexity index is 492. The lowest BCUT2D eigenvalue weighted by Gasteiger charge is -2.21. The predicted octanol–water partition coefficient (Wildman–Crippen LogP) is 3.11. The minimum absolute atomic E-state index is 0.0533. The van der Waals surface area contributed by atoms with Gasteiger partial charge in [-0.05, 0) is 42.3 Å². The number of aromatic hydroxyl groups is 1. The van der Waals surface area contributed by atoms with E-state index in [0.717, 1.165) is 11.1 Å². The highest BCUT2D eigenvalue weighted by atomic mass is 35.5. The van der Waals surface area contributed by atoms with Gasteiger partial charge in [-0.3, -0.25) is 0 Å². The molecule has 0 aliphatic carbocycles. The van der Waals surface area contributed by atoms with Crippen molar-refractivity contribution in [1.29, 1.82) is 0 Å². The van der Waals surface area contributed by atoms with Crippen LogP contribution in [0.4, 0.5) is 0 Å². The first-order valence-corrected chi connectivity index (χ1v) is 6.90. The van der Waals surface area contributed by atoms with Gasteiger partial charge in [0.2, 0.25) is 0 Å². The number of phenolic OH excluding ortho intramolecular Hbond substituents is 1. The second-order valence-corrected chi connectivity index (χ2v) is 5.27. The molecule has 0 aromatic heterocycles. The van der Waals surface area contributed by atoms with E-state index in [1.54, 1.807) is 19.1 Å². The third-order valence-corrected chi connectivity index (χ3v) is 3.30. The molecule has 2 atom stereocenters. The molecular formula is C16H18ClNO2. The fraction of sp³-hybridized carbons (Fsp3) is 0.250. The van der Waals surface area contributed by atoms with E-state index < -0.39 is 6.10 Å². The highest BCUT2D eigenvalue weighted by Gasteiger charge is 2.14. The van der Waals surface area contributed by atoms with Gasteiger partial charge in [0.15, 0.2) is 0 Å². The van der Waals surface area contributed by atoms with Gasteiger partial charge in [0, 0.05) is 11.6 Å². The molecule has 0 saturated heterocycles. The fourth-order valence-electron chi connectivity index (χ4n) is 2.04. The summed E-state index contributed by atoms with van der Waals surface area (Å²) >= 11 is 5.92. The topological polar surface area (TPSA) is 52.5 Å². The van der Waals surface area contributed by atoms with E-state index in [9.17, 15) is 10.2 Å². The summed E-state index contributed by atoms with van der Waals surface area (Å²) in [5.41, 5.74) is 2.08. The number of phenols is 1. The van der Waals surface area contributed by atoms with Crippen LogP contribution < -0.4 is 5.32 Å². The van der Waals surface area contributed by atoms with Crippen LogP contribution in [-0.2, 0) is 0 Å². The van der Waals surface area contributed by atoms with E-state index in [2.05, 4.69) is 5.32 Å². The van der Waals surface area contributed by atoms with E-state index >= 15 is 0 Å². The van der Waals surface area contributed by atoms with Crippen LogP contribution in [0.1, 0.15) is 24.1 Å². The lowest BCUT2D eigenvalue weighted by molar-refractivity contribution is 0.188. The van der Waals surface area contributed by atoms with E-state index in [-0.39, 0.29) is 11.8 Å². The minimum Gasteiger partial charge on any atom is -0.508 e. The Hall–Kier alpha value is -1.55. The van der Waals surface area contributed by atoms with E-state index in [1.807, 2.05) is 36.4 Å². The summed E-state index contributed by atoms with van der Waals surface area (Å²) in [7, 11) is 0. The molecule has 2 rings (SSSR count). The van der Waals surface area contributed by atoms with Crippen molar-refractivity contribution in [3.05, 3.63) is 64.7 Å². The number of aliphatic hydroxyl groups is 1. The summed E-state index contributed by atoms with van der Waals surface area (Å²) in [6.07, 6.45) is -0.429. The summed E-state index contributed by atoms with van der Waals surface area (Å²) in [6.45, 7) is 2.22. The number of hydrogen-bond donors (Lipinski definition) is 3. The molecule has 0 bridgehead atoms. The Morgan fingerprint density at radius 1 is 1.00 bits per heavy atom. The van der Waals surface area contributed by atoms with Crippen LogP contribution in [0.3, 0.4) is 0 Å². The lowest BCUT2D eigenvalue weighted by Crippen LogP contribution is -2.29. The third kappa shape index (κ3) is 3.97. The lowest BCUT2D eigenvalue weighted by atomic mass is 9.98. The second-order valence-electron chi connectivity index (χ2n) is 4.83. The molecule has 0 spiro atoms. The first kappa shape index (κ1) is 14.9. The highest BCUT2D eigenvalue weighted by molar-refractivity contribution is 6.30. The summed E-state index contributed by atoms with van der Waals surface area (Å²) in [5.74, 6) is 0.235. The molecular weight excluding hydrogens is 274 g/mol. The van der Waals surface area contributed by atoms with Gasteiger partial charge in [-0.25, -0.2) is 0 Å². The molecule has 4 heteroatoms. The first-order valence-electron chi connectivity index (χ1n) is 6.52. The Morgan fingerprint density at radius 2 is 1.50 bits per heavy atom. The smallest absolute Gasteiger partial charge is 0.115 e. The molecule has 3 nitrogen and oxygen atoms in total. The van der Waals surface area contributed by atoms with E-state index in [1.165, 1.54) is 0 Å². The van der Waals surface area contributed by atoms with Crippen molar-refractivity contribution in [3.8, 4) is 5.75 Å². The maximum absolute atomic E-state index is 9.46. The van der Waals surface area contributed by atoms with Crippen molar-refractivity contribution in [3.63, 3.8) is 0 Å². The van der Waals surface area contributed by atoms with Crippen LogP contribution in [0.2, 0.25) is 5.02 Å². The van der Waals surface area contributed by atoms with Gasteiger partial charge in [-0.1, -0.05) is 35.9 Å². The van der Waals surface area contributed by atoms with Crippen molar-refractivity contribution in [1.82, 2.24) is 5.32 Å². The molecule has 0 aliphatic rings. The van der Waals surface area contributed by atoms with Crippen molar-refractivity contribution in [2.75, 3.05) is 6.54 Å². The van der Waals surface area contributed by atoms with Crippen LogP contribution in [-0.4, -0.2) is 22.9 Å². The molecule has 106 valence electrons. The molecule has 0 heterocycles. The Balaban J connectivity index is 2.28. The van der Waals surface area contributed by atoms with Gasteiger partial charge < -0.3 is 15.5 Å². The van der Waals surface area contributed by atoms with Gasteiger partial charge in [0.25, 0.3) is 0 Å². The summed E-state index contributed by atoms with van der Waals surface area (Å²) in [4.78, 5) is 0. The number of aliphatic hydroxyl groups excluding tert-OH is 1. The molecule has 2 unspecified atom stereocenters. The zero-order chi connectivity index (χ0) is 14.5. The molecule has 0 radical (unpaired) electrons. The van der Waals surface area contributed by atoms with Crippen molar-refractivity contribution < 1.29 is 10.2 Å². The number of nitrogens with one attached hydrogen (secondary N) is 1. The Kier molecular flexibility index (Phi) is 5.01. The van der Waals surface area contributed by atoms with Gasteiger partial charge >= 0.3 is 0 Å². The largest absolute Gasteiger partial charge is 0.508 e. The van der Waals surface area contributed by atoms with Crippen molar-refractivity contribution in [2.24, 2.45) is 0 Å². The van der Waals surface area contributed by atoms with Crippen LogP contribution in [0.25, 0.3) is 0 Å². The minimum atomic E-state index is -0.429. The highest BCUT2D eigenvalue weighted by Crippen LogP contribution is 2.25. The SMILES string of the molecule is CC(O)CNC(c1ccc(O)cc1)c1ccc(Cl)cc1. The monoisotopic (exact) mass is 291 g/mol. The summed E-state index contributed by atoms with van der Waals surface area (Å²) in [6, 6.07) is 14.6. The predicted molar refractivity (Wildman–Crippen MR) is 81.1 cm³/mol. The average Bonchev–Trinajstić information content (AvgIpc) is 2.42. The Labute approximate surface area is 123 Å². The molecule has 3 N–H and O–H groups in total. The maximum Gasteiger partial charge on any atom is 0.115 e. The quantitative estimate of drug-likeness (QED) is 0.793. The van der Waals surface area contributed by atoms with Gasteiger partial charge in [-0.15, -0.1) is 0 Å². The van der Waals surface area contributed by atoms with Crippen LogP contribution in [0.5, 0.6) is 5.75 Å². The van der Waals surface area contributed by atoms with Gasteiger partial charge in [0.05, 0.1) is 12.1 Å². The molecule has 0 fully saturated rings. The molecule has 20 heavy (non-hydrogen) atoms. The third-order valence-electron chi connectivity index (χ3n) is 3.05. The zero-order valence-corrected chi connectivity index (χ0v) is 12.0. The number of halogens is 1. The summed E-state index contributed by atoms with van der Waals surface area (Å²) in [5, 5.41) is 22.8. The first-order chi connectivity index (χ1) is 9.56. The molecule has 2 aromatic carbocycles. The fourth-order valence-corrected chi connectivity index (χ4v) is 2.16. The molecule has 0 amide bonds. The average molecular weight is 292 g/mol. The van der Waals surface area contributed by atoms with Crippen molar-refractivity contribution >= 4 is 11.6 Å². The van der Waals surface area contributed by atoms with Crippen molar-refractivity contribution in [2.45, 2.75) is 19.1 Å². The number of rotatable bonds is 5. The summed E-state index contributed by atoms with van der Waals surface area (Å²) < 4.78 is 0. The van der Waals surface area contributed by atoms with Crippen LogP contribution >= 0.6 is 11.6 Å². The second kappa shape index (κ2) is 6.75. The number of benzene rings is 2.